The highest BCUT2D eigenvalue weighted by Crippen LogP contribution is 2.34. The number of carbonyl (C=O) groups is 1. The third-order valence-electron chi connectivity index (χ3n) is 4.26. The van der Waals surface area contributed by atoms with Gasteiger partial charge in [0, 0.05) is 41.0 Å². The molecule has 2 aromatic carbocycles. The predicted octanol–water partition coefficient (Wildman–Crippen LogP) is 4.87. The van der Waals surface area contributed by atoms with Gasteiger partial charge in [0.15, 0.2) is 0 Å². The van der Waals surface area contributed by atoms with Crippen LogP contribution in [0.25, 0.3) is 10.9 Å². The molecule has 0 unspecified atom stereocenters. The third-order valence-corrected chi connectivity index (χ3v) is 4.60. The van der Waals surface area contributed by atoms with Gasteiger partial charge in [0.2, 0.25) is 5.91 Å². The average molecular weight is 341 g/mol. The van der Waals surface area contributed by atoms with E-state index in [2.05, 4.69) is 22.4 Å². The van der Waals surface area contributed by atoms with Gasteiger partial charge in [0.1, 0.15) is 0 Å². The Balaban J connectivity index is 1.99. The van der Waals surface area contributed by atoms with Gasteiger partial charge in [-0.05, 0) is 29.7 Å². The number of carbonyl (C=O) groups excluding carboxylic acids is 1. The molecule has 0 aliphatic heterocycles. The number of benzene rings is 2. The monoisotopic (exact) mass is 340 g/mol. The van der Waals surface area contributed by atoms with Crippen LogP contribution in [0.15, 0.2) is 54.7 Å². The summed E-state index contributed by atoms with van der Waals surface area (Å²) in [5.74, 6) is 0.0880. The van der Waals surface area contributed by atoms with Crippen molar-refractivity contribution in [3.8, 4) is 0 Å². The Morgan fingerprint density at radius 3 is 2.67 bits per heavy atom. The second-order valence-electron chi connectivity index (χ2n) is 5.92. The van der Waals surface area contributed by atoms with Crippen molar-refractivity contribution in [1.82, 2.24) is 10.3 Å². The molecule has 0 spiro atoms. The van der Waals surface area contributed by atoms with Crippen molar-refractivity contribution in [1.29, 1.82) is 0 Å². The molecule has 3 nitrogen and oxygen atoms in total. The number of hydrogen-bond donors (Lipinski definition) is 2. The van der Waals surface area contributed by atoms with Gasteiger partial charge in [-0.1, -0.05) is 54.9 Å². The minimum Gasteiger partial charge on any atom is -0.361 e. The zero-order chi connectivity index (χ0) is 16.9. The van der Waals surface area contributed by atoms with E-state index >= 15 is 0 Å². The van der Waals surface area contributed by atoms with Crippen LogP contribution in [-0.2, 0) is 4.79 Å². The highest BCUT2D eigenvalue weighted by atomic mass is 35.5. The zero-order valence-electron chi connectivity index (χ0n) is 13.7. The molecular formula is C20H21ClN2O. The van der Waals surface area contributed by atoms with Crippen molar-refractivity contribution in [3.63, 3.8) is 0 Å². The fourth-order valence-electron chi connectivity index (χ4n) is 3.06. The topological polar surface area (TPSA) is 44.9 Å². The lowest BCUT2D eigenvalue weighted by molar-refractivity contribution is -0.121. The number of halogens is 1. The van der Waals surface area contributed by atoms with Crippen LogP contribution in [0.4, 0.5) is 0 Å². The quantitative estimate of drug-likeness (QED) is 0.660. The molecule has 24 heavy (non-hydrogen) atoms. The maximum Gasteiger partial charge on any atom is 0.220 e. The van der Waals surface area contributed by atoms with Gasteiger partial charge in [0.25, 0.3) is 0 Å². The average Bonchev–Trinajstić information content (AvgIpc) is 3.01. The molecule has 1 atom stereocenters. The molecule has 4 heteroatoms. The van der Waals surface area contributed by atoms with E-state index in [1.165, 1.54) is 0 Å². The molecule has 0 fully saturated rings. The standard InChI is InChI=1S/C20H21ClN2O/c1-2-7-20(24)23-13-16(14-8-3-5-10-18(14)21)17-12-22-19-11-6-4-9-15(17)19/h3-6,8-12,16,22H,2,7,13H2,1H3,(H,23,24)/t16-/m1/s1. The summed E-state index contributed by atoms with van der Waals surface area (Å²) in [6.45, 7) is 2.54. The van der Waals surface area contributed by atoms with E-state index in [0.717, 1.165) is 33.5 Å². The molecule has 3 aromatic rings. The van der Waals surface area contributed by atoms with Crippen molar-refractivity contribution >= 4 is 28.4 Å². The molecule has 124 valence electrons. The van der Waals surface area contributed by atoms with Crippen LogP contribution >= 0.6 is 11.6 Å². The summed E-state index contributed by atoms with van der Waals surface area (Å²) in [5, 5.41) is 4.93. The normalized spacial score (nSPS) is 12.2. The summed E-state index contributed by atoms with van der Waals surface area (Å²) in [5.41, 5.74) is 3.26. The number of nitrogens with one attached hydrogen (secondary N) is 2. The molecule has 1 heterocycles. The largest absolute Gasteiger partial charge is 0.361 e. The number of fused-ring (bicyclic) bond motifs is 1. The molecule has 0 aliphatic rings. The first-order valence-electron chi connectivity index (χ1n) is 8.27. The Labute approximate surface area is 147 Å². The maximum absolute atomic E-state index is 11.9. The Morgan fingerprint density at radius 2 is 1.88 bits per heavy atom. The van der Waals surface area contributed by atoms with E-state index in [4.69, 9.17) is 11.6 Å². The minimum atomic E-state index is 0.00987. The lowest BCUT2D eigenvalue weighted by Gasteiger charge is -2.19. The Bertz CT molecular complexity index is 840. The van der Waals surface area contributed by atoms with Crippen LogP contribution in [0.2, 0.25) is 5.02 Å². The number of para-hydroxylation sites is 1. The number of rotatable bonds is 6. The van der Waals surface area contributed by atoms with Gasteiger partial charge < -0.3 is 10.3 Å². The third kappa shape index (κ3) is 3.46. The second-order valence-corrected chi connectivity index (χ2v) is 6.32. The molecule has 0 saturated heterocycles. The summed E-state index contributed by atoms with van der Waals surface area (Å²) in [7, 11) is 0. The smallest absolute Gasteiger partial charge is 0.220 e. The summed E-state index contributed by atoms with van der Waals surface area (Å²) in [6.07, 6.45) is 3.41. The Kier molecular flexibility index (Phi) is 5.21. The lowest BCUT2D eigenvalue weighted by Crippen LogP contribution is -2.28. The minimum absolute atomic E-state index is 0.00987. The van der Waals surface area contributed by atoms with Gasteiger partial charge >= 0.3 is 0 Å². The number of aromatic amines is 1. The SMILES string of the molecule is CCCC(=O)NC[C@H](c1ccccc1Cl)c1c[nH]c2ccccc12. The van der Waals surface area contributed by atoms with Crippen LogP contribution in [0.5, 0.6) is 0 Å². The van der Waals surface area contributed by atoms with Crippen LogP contribution < -0.4 is 5.32 Å². The van der Waals surface area contributed by atoms with E-state index in [1.54, 1.807) is 0 Å². The maximum atomic E-state index is 11.9. The van der Waals surface area contributed by atoms with Crippen molar-refractivity contribution in [3.05, 3.63) is 70.9 Å². The van der Waals surface area contributed by atoms with E-state index in [9.17, 15) is 4.79 Å². The lowest BCUT2D eigenvalue weighted by atomic mass is 9.90. The van der Waals surface area contributed by atoms with Gasteiger partial charge in [-0.15, -0.1) is 0 Å². The number of H-pyrrole nitrogens is 1. The van der Waals surface area contributed by atoms with Gasteiger partial charge in [-0.25, -0.2) is 0 Å². The molecule has 0 saturated carbocycles. The van der Waals surface area contributed by atoms with Crippen molar-refractivity contribution < 1.29 is 4.79 Å². The first-order valence-corrected chi connectivity index (χ1v) is 8.65. The summed E-state index contributed by atoms with van der Waals surface area (Å²) >= 11 is 6.44. The van der Waals surface area contributed by atoms with Gasteiger partial charge in [-0.2, -0.15) is 0 Å². The summed E-state index contributed by atoms with van der Waals surface area (Å²) in [6, 6.07) is 16.0. The molecular weight excluding hydrogens is 320 g/mol. The van der Waals surface area contributed by atoms with Crippen LogP contribution in [0.1, 0.15) is 36.8 Å². The highest BCUT2D eigenvalue weighted by molar-refractivity contribution is 6.31. The molecule has 1 amide bonds. The first-order chi connectivity index (χ1) is 11.7. The van der Waals surface area contributed by atoms with Crippen molar-refractivity contribution in [2.24, 2.45) is 0 Å². The molecule has 2 N–H and O–H groups in total. The molecule has 1 aromatic heterocycles. The molecule has 0 radical (unpaired) electrons. The molecule has 0 aliphatic carbocycles. The van der Waals surface area contributed by atoms with E-state index in [1.807, 2.05) is 49.5 Å². The number of hydrogen-bond acceptors (Lipinski definition) is 1. The predicted molar refractivity (Wildman–Crippen MR) is 99.5 cm³/mol. The molecule has 3 rings (SSSR count). The van der Waals surface area contributed by atoms with Crippen LogP contribution in [0, 0.1) is 0 Å². The highest BCUT2D eigenvalue weighted by Gasteiger charge is 2.20. The summed E-state index contributed by atoms with van der Waals surface area (Å²) < 4.78 is 0. The fraction of sp³-hybridized carbons (Fsp3) is 0.250. The van der Waals surface area contributed by atoms with Gasteiger partial charge in [-0.3, -0.25) is 4.79 Å². The van der Waals surface area contributed by atoms with E-state index in [-0.39, 0.29) is 11.8 Å². The second kappa shape index (κ2) is 7.54. The summed E-state index contributed by atoms with van der Waals surface area (Å²) in [4.78, 5) is 15.3. The zero-order valence-corrected chi connectivity index (χ0v) is 14.4. The Hall–Kier alpha value is -2.26. The fourth-order valence-corrected chi connectivity index (χ4v) is 3.33. The number of amides is 1. The van der Waals surface area contributed by atoms with E-state index in [0.29, 0.717) is 13.0 Å². The van der Waals surface area contributed by atoms with Crippen molar-refractivity contribution in [2.75, 3.05) is 6.54 Å². The molecule has 0 bridgehead atoms. The van der Waals surface area contributed by atoms with Crippen LogP contribution in [0.3, 0.4) is 0 Å². The first kappa shape index (κ1) is 16.6. The van der Waals surface area contributed by atoms with Crippen LogP contribution in [-0.4, -0.2) is 17.4 Å². The number of aromatic nitrogens is 1. The van der Waals surface area contributed by atoms with Gasteiger partial charge in [0.05, 0.1) is 0 Å². The van der Waals surface area contributed by atoms with E-state index < -0.39 is 0 Å². The van der Waals surface area contributed by atoms with Crippen molar-refractivity contribution in [2.45, 2.75) is 25.7 Å². The Morgan fingerprint density at radius 1 is 1.12 bits per heavy atom.